The van der Waals surface area contributed by atoms with Crippen LogP contribution in [0.2, 0.25) is 0 Å². The first-order valence-corrected chi connectivity index (χ1v) is 15.4. The van der Waals surface area contributed by atoms with Gasteiger partial charge in [0.05, 0.1) is 6.61 Å². The first-order chi connectivity index (χ1) is 22.9. The van der Waals surface area contributed by atoms with Gasteiger partial charge >= 0.3 is 5.97 Å². The highest BCUT2D eigenvalue weighted by molar-refractivity contribution is 6.01. The molecule has 0 aliphatic carbocycles. The summed E-state index contributed by atoms with van der Waals surface area (Å²) in [5.41, 5.74) is 13.6. The number of benzene rings is 3. The number of aliphatic imine (C=N–C) groups is 1. The number of azide groups is 1. The van der Waals surface area contributed by atoms with E-state index in [9.17, 15) is 23.9 Å². The number of ether oxygens (including phenoxy) is 3. The van der Waals surface area contributed by atoms with Gasteiger partial charge in [0.1, 0.15) is 23.0 Å². The normalized spacial score (nSPS) is 17.1. The van der Waals surface area contributed by atoms with Crippen molar-refractivity contribution in [2.24, 2.45) is 10.1 Å². The van der Waals surface area contributed by atoms with Gasteiger partial charge in [-0.15, -0.1) is 0 Å². The van der Waals surface area contributed by atoms with Gasteiger partial charge in [-0.2, -0.15) is 0 Å². The van der Waals surface area contributed by atoms with Gasteiger partial charge in [-0.25, -0.2) is 19.2 Å². The smallest absolute Gasteiger partial charge is 0.306 e. The average molecular weight is 665 g/mol. The van der Waals surface area contributed by atoms with Crippen LogP contribution >= 0.6 is 0 Å². The molecule has 0 radical (unpaired) electrons. The lowest BCUT2D eigenvalue weighted by Crippen LogP contribution is -2.53. The van der Waals surface area contributed by atoms with Crippen LogP contribution in [0.5, 0.6) is 5.75 Å². The molecule has 0 saturated carbocycles. The van der Waals surface area contributed by atoms with Gasteiger partial charge in [0.2, 0.25) is 5.90 Å². The number of carbonyl (C=O) groups is 2. The summed E-state index contributed by atoms with van der Waals surface area (Å²) >= 11 is 0. The van der Waals surface area contributed by atoms with Gasteiger partial charge < -0.3 is 19.3 Å². The second-order valence-corrected chi connectivity index (χ2v) is 12.0. The Balaban J connectivity index is 1.70. The maximum Gasteiger partial charge on any atom is 0.306 e. The van der Waals surface area contributed by atoms with Crippen LogP contribution in [-0.2, 0) is 25.5 Å². The zero-order valence-corrected chi connectivity index (χ0v) is 26.9. The number of aliphatic hydroxyl groups is 1. The van der Waals surface area contributed by atoms with E-state index >= 15 is 0 Å². The summed E-state index contributed by atoms with van der Waals surface area (Å²) in [6.45, 7) is 5.60. The summed E-state index contributed by atoms with van der Waals surface area (Å²) in [5.74, 6) is -2.03. The monoisotopic (exact) mass is 664 g/mol. The lowest BCUT2D eigenvalue weighted by Gasteiger charge is -2.31. The summed E-state index contributed by atoms with van der Waals surface area (Å²) in [4.78, 5) is 34.9. The molecule has 12 nitrogen and oxygen atoms in total. The minimum atomic E-state index is -1.78. The maximum absolute atomic E-state index is 14.2. The fraction of sp³-hybridized carbons (Fsp3) is 0.382. The van der Waals surface area contributed by atoms with Gasteiger partial charge in [0.15, 0.2) is 11.6 Å². The van der Waals surface area contributed by atoms with Gasteiger partial charge in [0.25, 0.3) is 5.91 Å². The third kappa shape index (κ3) is 9.50. The standard InChI is InChI=1S/C34H38F2N6O6/c1-33(2,3)48-29(44)13-15-34(32(45)41-38-16-14-22-19-24(35)21-25(36)20-22)30(27-7-4-5-8-28(27)40-42-37)47-31(39-34)23-9-11-26(12-10-23)46-18-6-17-43/h4-5,7-12,19-21,30,38,43H,6,13-18H2,1-3H3,(H,41,45)/t30-,34-/m0/s1. The predicted octanol–water partition coefficient (Wildman–Crippen LogP) is 5.91. The Morgan fingerprint density at radius 1 is 1.10 bits per heavy atom. The highest BCUT2D eigenvalue weighted by Gasteiger charge is 2.54. The molecule has 0 unspecified atom stereocenters. The van der Waals surface area contributed by atoms with Crippen molar-refractivity contribution < 1.29 is 37.7 Å². The van der Waals surface area contributed by atoms with E-state index in [2.05, 4.69) is 20.9 Å². The summed E-state index contributed by atoms with van der Waals surface area (Å²) in [7, 11) is 0. The number of hydrogen-bond donors (Lipinski definition) is 3. The number of esters is 1. The molecule has 1 aliphatic heterocycles. The molecular formula is C34H38F2N6O6. The molecule has 254 valence electrons. The van der Waals surface area contributed by atoms with Crippen molar-refractivity contribution in [3.8, 4) is 5.75 Å². The first-order valence-electron chi connectivity index (χ1n) is 15.4. The van der Waals surface area contributed by atoms with Crippen molar-refractivity contribution in [2.45, 2.75) is 63.7 Å². The Kier molecular flexibility index (Phi) is 12.1. The summed E-state index contributed by atoms with van der Waals surface area (Å²) in [5, 5.41) is 12.8. The molecule has 4 rings (SSSR count). The highest BCUT2D eigenvalue weighted by Crippen LogP contribution is 2.46. The number of hydrazine groups is 1. The molecule has 14 heteroatoms. The van der Waals surface area contributed by atoms with E-state index in [4.69, 9.17) is 24.3 Å². The van der Waals surface area contributed by atoms with E-state index < -0.39 is 40.8 Å². The van der Waals surface area contributed by atoms with E-state index in [1.165, 1.54) is 12.1 Å². The zero-order valence-electron chi connectivity index (χ0n) is 26.9. The van der Waals surface area contributed by atoms with E-state index in [0.29, 0.717) is 35.5 Å². The number of hydrogen-bond acceptors (Lipinski definition) is 9. The molecule has 1 aliphatic rings. The minimum Gasteiger partial charge on any atom is -0.494 e. The number of nitrogens with zero attached hydrogens (tertiary/aromatic N) is 4. The molecule has 1 heterocycles. The number of carbonyl (C=O) groups excluding carboxylic acids is 2. The molecule has 3 aromatic carbocycles. The van der Waals surface area contributed by atoms with Crippen molar-refractivity contribution >= 4 is 23.5 Å². The van der Waals surface area contributed by atoms with Crippen molar-refractivity contribution in [2.75, 3.05) is 19.8 Å². The zero-order chi connectivity index (χ0) is 34.7. The molecule has 0 bridgehead atoms. The van der Waals surface area contributed by atoms with Crippen LogP contribution in [0.3, 0.4) is 0 Å². The highest BCUT2D eigenvalue weighted by atomic mass is 19.1. The summed E-state index contributed by atoms with van der Waals surface area (Å²) < 4.78 is 44.9. The quantitative estimate of drug-likeness (QED) is 0.0453. The van der Waals surface area contributed by atoms with Crippen LogP contribution in [0.15, 0.2) is 76.8 Å². The van der Waals surface area contributed by atoms with E-state index in [0.717, 1.165) is 6.07 Å². The van der Waals surface area contributed by atoms with E-state index in [1.54, 1.807) is 69.3 Å². The van der Waals surface area contributed by atoms with E-state index in [-0.39, 0.29) is 44.0 Å². The van der Waals surface area contributed by atoms with Crippen molar-refractivity contribution in [1.29, 1.82) is 0 Å². The van der Waals surface area contributed by atoms with Crippen LogP contribution < -0.4 is 15.6 Å². The van der Waals surface area contributed by atoms with Crippen LogP contribution in [0.25, 0.3) is 10.4 Å². The van der Waals surface area contributed by atoms with Crippen molar-refractivity contribution in [1.82, 2.24) is 10.9 Å². The Labute approximate surface area is 276 Å². The SMILES string of the molecule is CC(C)(C)OC(=O)CC[C@]1(C(=O)NNCCc2cc(F)cc(F)c2)N=C(c2ccc(OCCCO)cc2)O[C@H]1c1ccccc1N=[N+]=[N-]. The number of rotatable bonds is 15. The van der Waals surface area contributed by atoms with Crippen molar-refractivity contribution in [3.63, 3.8) is 0 Å². The second-order valence-electron chi connectivity index (χ2n) is 12.0. The molecule has 48 heavy (non-hydrogen) atoms. The fourth-order valence-electron chi connectivity index (χ4n) is 5.09. The predicted molar refractivity (Wildman–Crippen MR) is 173 cm³/mol. The number of amides is 1. The molecule has 0 spiro atoms. The van der Waals surface area contributed by atoms with E-state index in [1.807, 2.05) is 0 Å². The Hall–Kier alpha value is -5.04. The van der Waals surface area contributed by atoms with Gasteiger partial charge in [-0.1, -0.05) is 29.4 Å². The Morgan fingerprint density at radius 2 is 1.81 bits per heavy atom. The van der Waals surface area contributed by atoms with Gasteiger partial charge in [-0.3, -0.25) is 15.0 Å². The molecule has 3 aromatic rings. The third-order valence-corrected chi connectivity index (χ3v) is 7.19. The van der Waals surface area contributed by atoms with Crippen molar-refractivity contribution in [3.05, 3.63) is 105 Å². The molecule has 0 aromatic heterocycles. The van der Waals surface area contributed by atoms with Crippen LogP contribution in [0.4, 0.5) is 14.5 Å². The lowest BCUT2D eigenvalue weighted by molar-refractivity contribution is -0.155. The molecule has 0 fully saturated rings. The number of aliphatic hydroxyl groups excluding tert-OH is 1. The van der Waals surface area contributed by atoms with Crippen LogP contribution in [0, 0.1) is 11.6 Å². The second kappa shape index (κ2) is 16.2. The van der Waals surface area contributed by atoms with Gasteiger partial charge in [0, 0.05) is 53.8 Å². The van der Waals surface area contributed by atoms with Gasteiger partial charge in [-0.05, 0) is 81.1 Å². The van der Waals surface area contributed by atoms with Crippen LogP contribution in [-0.4, -0.2) is 53.8 Å². The number of nitrogens with one attached hydrogen (secondary N) is 2. The number of halogens is 2. The first kappa shape index (κ1) is 35.8. The largest absolute Gasteiger partial charge is 0.494 e. The third-order valence-electron chi connectivity index (χ3n) is 7.19. The van der Waals surface area contributed by atoms with Crippen LogP contribution in [0.1, 0.15) is 62.8 Å². The topological polar surface area (TPSA) is 167 Å². The molecule has 3 N–H and O–H groups in total. The lowest BCUT2D eigenvalue weighted by atomic mass is 9.83. The summed E-state index contributed by atoms with van der Waals surface area (Å²) in [6, 6.07) is 16.5. The molecule has 1 amide bonds. The summed E-state index contributed by atoms with van der Waals surface area (Å²) in [6.07, 6.45) is -0.888. The molecule has 0 saturated heterocycles. The minimum absolute atomic E-state index is 0.00685. The fourth-order valence-corrected chi connectivity index (χ4v) is 5.09. The Morgan fingerprint density at radius 3 is 2.48 bits per heavy atom. The Bertz CT molecular complexity index is 1650. The maximum atomic E-state index is 14.2. The average Bonchev–Trinajstić information content (AvgIpc) is 3.42. The molecular weight excluding hydrogens is 626 g/mol. The molecule has 2 atom stereocenters.